The van der Waals surface area contributed by atoms with Gasteiger partial charge in [0.15, 0.2) is 49.9 Å². The van der Waals surface area contributed by atoms with Crippen LogP contribution in [0, 0.1) is 0 Å². The van der Waals surface area contributed by atoms with Gasteiger partial charge in [-0.1, -0.05) is 0 Å². The first-order valence-corrected chi connectivity index (χ1v) is 42.5. The Morgan fingerprint density at radius 2 is 0.375 bits per heavy atom. The summed E-state index contributed by atoms with van der Waals surface area (Å²) < 4.78 is 60.8. The van der Waals surface area contributed by atoms with Crippen molar-refractivity contribution in [1.82, 2.24) is 0 Å². The summed E-state index contributed by atoms with van der Waals surface area (Å²) in [6.07, 6.45) is 0. The zero-order valence-electron chi connectivity index (χ0n) is 29.7. The largest absolute Gasteiger partial charge is 0.553 e. The highest BCUT2D eigenvalue weighted by Crippen LogP contribution is 2.30. The molecule has 0 atom stereocenters. The molecule has 1 radical (unpaired) electrons. The van der Waals surface area contributed by atoms with E-state index in [2.05, 4.69) is 118 Å². The van der Waals surface area contributed by atoms with Gasteiger partial charge in [0, 0.05) is 19.6 Å². The van der Waals surface area contributed by atoms with Gasteiger partial charge in [0.05, 0.1) is 0 Å². The van der Waals surface area contributed by atoms with E-state index < -0.39 is 85.8 Å². The topological polar surface area (TPSA) is 83.1 Å². The van der Waals surface area contributed by atoms with Crippen molar-refractivity contribution in [2.24, 2.45) is 0 Å². The highest BCUT2D eigenvalue weighted by atomic mass is 28.6. The lowest BCUT2D eigenvalue weighted by Gasteiger charge is -2.43. The van der Waals surface area contributed by atoms with Gasteiger partial charge in [0.25, 0.3) is 0 Å². The molecule has 0 aromatic carbocycles. The van der Waals surface area contributed by atoms with Crippen molar-refractivity contribution in [1.29, 1.82) is 0 Å². The first-order valence-electron chi connectivity index (χ1n) is 14.2. The van der Waals surface area contributed by atoms with Gasteiger partial charge in [-0.2, -0.15) is 0 Å². The van der Waals surface area contributed by atoms with Crippen LogP contribution in [0.4, 0.5) is 0 Å². The SMILES string of the molecule is C[Si](C)(C)O[Si](C)(O[Si](O[Si](C)(O[Si](C)(C)C)O[Si](C)(C)C)O[Si](C)(O[Si](C)(C)C)O[Si](C)(C)C)O[Si](C)(C)C. The van der Waals surface area contributed by atoms with Crippen LogP contribution in [0.1, 0.15) is 0 Å². The van der Waals surface area contributed by atoms with E-state index in [-0.39, 0.29) is 0 Å². The van der Waals surface area contributed by atoms with E-state index in [4.69, 9.17) is 37.0 Å². The van der Waals surface area contributed by atoms with Crippen LogP contribution in [0.15, 0.2) is 0 Å². The molecule has 0 spiro atoms. The molecule has 0 bridgehead atoms. The predicted molar refractivity (Wildman–Crippen MR) is 190 cm³/mol. The molecule has 0 heterocycles. The van der Waals surface area contributed by atoms with Crippen LogP contribution in [0.3, 0.4) is 0 Å². The van der Waals surface area contributed by atoms with Crippen molar-refractivity contribution < 1.29 is 37.0 Å². The fourth-order valence-corrected chi connectivity index (χ4v) is 40.9. The molecule has 241 valence electrons. The van der Waals surface area contributed by atoms with E-state index in [1.54, 1.807) is 0 Å². The van der Waals surface area contributed by atoms with Crippen molar-refractivity contribution in [2.75, 3.05) is 0 Å². The van der Waals surface area contributed by atoms with Crippen LogP contribution in [0.5, 0.6) is 0 Å². The van der Waals surface area contributed by atoms with Gasteiger partial charge < -0.3 is 37.0 Å². The number of hydrogen-bond acceptors (Lipinski definition) is 9. The lowest BCUT2D eigenvalue weighted by Crippen LogP contribution is -2.65. The normalized spacial score (nSPS) is 15.8. The maximum atomic E-state index is 6.87. The van der Waals surface area contributed by atoms with E-state index in [9.17, 15) is 0 Å². The molecular formula is C21H63O9Si10. The summed E-state index contributed by atoms with van der Waals surface area (Å²) in [4.78, 5) is 0. The van der Waals surface area contributed by atoms with Gasteiger partial charge in [0.1, 0.15) is 0 Å². The third-order valence-electron chi connectivity index (χ3n) is 3.76. The second kappa shape index (κ2) is 14.1. The molecule has 40 heavy (non-hydrogen) atoms. The molecule has 0 aromatic heterocycles. The number of hydrogen-bond donors (Lipinski definition) is 0. The van der Waals surface area contributed by atoms with Crippen LogP contribution in [0.25, 0.3) is 0 Å². The lowest BCUT2D eigenvalue weighted by molar-refractivity contribution is 0.146. The Kier molecular flexibility index (Phi) is 14.7. The van der Waals surface area contributed by atoms with Crippen molar-refractivity contribution in [3.63, 3.8) is 0 Å². The van der Waals surface area contributed by atoms with Crippen molar-refractivity contribution in [2.45, 2.75) is 137 Å². The monoisotopic (exact) mass is 739 g/mol. The average molecular weight is 741 g/mol. The van der Waals surface area contributed by atoms with Gasteiger partial charge in [-0.05, 0) is 118 Å². The molecule has 0 unspecified atom stereocenters. The lowest BCUT2D eigenvalue weighted by atomic mass is 11.8. The van der Waals surface area contributed by atoms with Gasteiger partial charge in [-0.25, -0.2) is 0 Å². The molecule has 0 fully saturated rings. The summed E-state index contributed by atoms with van der Waals surface area (Å²) in [6.45, 7) is 44.5. The Morgan fingerprint density at radius 1 is 0.250 bits per heavy atom. The summed E-state index contributed by atoms with van der Waals surface area (Å²) in [7, 11) is -24.7. The maximum absolute atomic E-state index is 6.87. The minimum absolute atomic E-state index is 1.97. The highest BCUT2D eigenvalue weighted by molar-refractivity contribution is 6.91. The minimum Gasteiger partial charge on any atom is -0.417 e. The van der Waals surface area contributed by atoms with Gasteiger partial charge >= 0.3 is 35.9 Å². The van der Waals surface area contributed by atoms with E-state index in [0.29, 0.717) is 0 Å². The number of rotatable bonds is 18. The van der Waals surface area contributed by atoms with Crippen LogP contribution in [-0.2, 0) is 37.0 Å². The third kappa shape index (κ3) is 21.5. The van der Waals surface area contributed by atoms with Gasteiger partial charge in [0.2, 0.25) is 0 Å². The molecule has 0 amide bonds. The predicted octanol–water partition coefficient (Wildman–Crippen LogP) is 7.84. The maximum Gasteiger partial charge on any atom is 0.553 e. The van der Waals surface area contributed by atoms with Crippen LogP contribution >= 0.6 is 0 Å². The summed E-state index contributed by atoms with van der Waals surface area (Å²) in [5.41, 5.74) is 0. The smallest absolute Gasteiger partial charge is 0.417 e. The van der Waals surface area contributed by atoms with Crippen LogP contribution in [0.2, 0.25) is 137 Å². The van der Waals surface area contributed by atoms with Crippen molar-refractivity contribution >= 4 is 85.8 Å². The summed E-state index contributed by atoms with van der Waals surface area (Å²) >= 11 is 0. The molecule has 19 heteroatoms. The second-order valence-corrected chi connectivity index (χ2v) is 54.8. The van der Waals surface area contributed by atoms with E-state index in [0.717, 1.165) is 0 Å². The molecule has 0 aromatic rings. The van der Waals surface area contributed by atoms with E-state index in [1.807, 2.05) is 19.6 Å². The van der Waals surface area contributed by atoms with Gasteiger partial charge in [-0.3, -0.25) is 0 Å². The zero-order valence-corrected chi connectivity index (χ0v) is 39.7. The molecule has 0 N–H and O–H groups in total. The van der Waals surface area contributed by atoms with Gasteiger partial charge in [-0.15, -0.1) is 0 Å². The third-order valence-corrected chi connectivity index (χ3v) is 33.8. The summed E-state index contributed by atoms with van der Waals surface area (Å²) in [5.74, 6) is 0. The minimum atomic E-state index is -3.23. The first kappa shape index (κ1) is 41.8. The second-order valence-electron chi connectivity index (χ2n) is 16.4. The first-order chi connectivity index (χ1) is 17.0. The Hall–Kier alpha value is 1.81. The standard InChI is InChI=1S/C21H63O9Si10/c1-32(2,3)25-38(19,26-33(4,5)6)22-31(23-39(20,27-34(7,8)9)28-35(10,11)12)24-40(21,29-36(13,14)15)30-37(16,17)18/h1-21H3. The fraction of sp³-hybridized carbons (Fsp3) is 1.00. The molecule has 0 rings (SSSR count). The molecule has 9 nitrogen and oxygen atoms in total. The molecular weight excluding hydrogens is 677 g/mol. The van der Waals surface area contributed by atoms with E-state index >= 15 is 0 Å². The molecule has 0 aliphatic heterocycles. The fourth-order valence-electron chi connectivity index (χ4n) is 4.04. The van der Waals surface area contributed by atoms with Crippen molar-refractivity contribution in [3.05, 3.63) is 0 Å². The Bertz CT molecular complexity index is 641. The molecule has 0 saturated heterocycles. The Labute approximate surface area is 259 Å². The average Bonchev–Trinajstić information content (AvgIpc) is 2.39. The summed E-state index contributed by atoms with van der Waals surface area (Å²) in [5, 5.41) is 0. The Balaban J connectivity index is 6.96. The zero-order chi connectivity index (χ0) is 32.4. The van der Waals surface area contributed by atoms with Crippen LogP contribution < -0.4 is 0 Å². The highest BCUT2D eigenvalue weighted by Gasteiger charge is 2.56. The van der Waals surface area contributed by atoms with E-state index in [1.165, 1.54) is 0 Å². The van der Waals surface area contributed by atoms with Crippen molar-refractivity contribution in [3.8, 4) is 0 Å². The Morgan fingerprint density at radius 3 is 0.475 bits per heavy atom. The summed E-state index contributed by atoms with van der Waals surface area (Å²) in [6, 6.07) is 0. The quantitative estimate of drug-likeness (QED) is 0.131. The molecule has 0 saturated carbocycles. The van der Waals surface area contributed by atoms with Crippen LogP contribution in [-0.4, -0.2) is 85.8 Å². The molecule has 0 aliphatic carbocycles. The molecule has 0 aliphatic rings.